The average molecular weight is 260 g/mol. The molecule has 0 radical (unpaired) electrons. The van der Waals surface area contributed by atoms with Gasteiger partial charge in [-0.1, -0.05) is 24.6 Å². The Morgan fingerprint density at radius 1 is 1.24 bits per heavy atom. The Morgan fingerprint density at radius 3 is 2.59 bits per heavy atom. The van der Waals surface area contributed by atoms with E-state index in [0.717, 1.165) is 6.54 Å². The van der Waals surface area contributed by atoms with Gasteiger partial charge in [-0.15, -0.1) is 12.4 Å². The summed E-state index contributed by atoms with van der Waals surface area (Å²) >= 11 is 0. The number of carbonyl (C=O) groups is 1. The number of carbonyl (C=O) groups excluding carboxylic acids is 1. The molecule has 0 aliphatic carbocycles. The molecule has 0 saturated carbocycles. The van der Waals surface area contributed by atoms with Gasteiger partial charge in [0.05, 0.1) is 6.61 Å². The summed E-state index contributed by atoms with van der Waals surface area (Å²) in [6.45, 7) is 5.61. The van der Waals surface area contributed by atoms with Gasteiger partial charge < -0.3 is 4.74 Å². The van der Waals surface area contributed by atoms with Gasteiger partial charge in [-0.05, 0) is 32.9 Å². The zero-order chi connectivity index (χ0) is 11.6. The molecule has 17 heavy (non-hydrogen) atoms. The fourth-order valence-electron chi connectivity index (χ4n) is 1.75. The monoisotopic (exact) mass is 259 g/mol. The Labute approximate surface area is 110 Å². The molecule has 4 heteroatoms. The molecule has 0 unspecified atom stereocenters. The lowest BCUT2D eigenvalue weighted by Gasteiger charge is -2.24. The zero-order valence-corrected chi connectivity index (χ0v) is 11.2. The van der Waals surface area contributed by atoms with E-state index >= 15 is 0 Å². The Balaban J connectivity index is 0.00000256. The number of esters is 1. The summed E-state index contributed by atoms with van der Waals surface area (Å²) in [5.41, 5.74) is 0. The van der Waals surface area contributed by atoms with E-state index in [9.17, 15) is 4.79 Å². The maximum Gasteiger partial charge on any atom is 0.330 e. The van der Waals surface area contributed by atoms with Crippen molar-refractivity contribution in [1.29, 1.82) is 0 Å². The molecule has 0 aromatic carbocycles. The van der Waals surface area contributed by atoms with Gasteiger partial charge in [0, 0.05) is 12.6 Å². The summed E-state index contributed by atoms with van der Waals surface area (Å²) in [7, 11) is 0. The number of hydrogen-bond donors (Lipinski definition) is 0. The number of ether oxygens (including phenoxy) is 1. The minimum Gasteiger partial charge on any atom is -0.463 e. The van der Waals surface area contributed by atoms with Gasteiger partial charge in [-0.2, -0.15) is 0 Å². The number of likely N-dealkylation sites (tertiary alicyclic amines) is 1. The second kappa shape index (κ2) is 10.4. The summed E-state index contributed by atoms with van der Waals surface area (Å²) in [4.78, 5) is 13.4. The van der Waals surface area contributed by atoms with E-state index in [1.807, 2.05) is 6.08 Å². The van der Waals surface area contributed by atoms with E-state index < -0.39 is 0 Å². The standard InChI is InChI=1S/C13H21NO2.ClH/c1-2-16-13(15)9-5-3-6-10-14-11-7-4-8-12-14;/h3,5-6,9H,2,4,7-8,10-12H2,1H3;1H. The van der Waals surface area contributed by atoms with E-state index in [4.69, 9.17) is 4.74 Å². The topological polar surface area (TPSA) is 29.5 Å². The van der Waals surface area contributed by atoms with Gasteiger partial charge in [0.2, 0.25) is 0 Å². The molecule has 0 bridgehead atoms. The molecule has 0 N–H and O–H groups in total. The van der Waals surface area contributed by atoms with Crippen molar-refractivity contribution in [2.24, 2.45) is 0 Å². The van der Waals surface area contributed by atoms with Gasteiger partial charge >= 0.3 is 5.97 Å². The van der Waals surface area contributed by atoms with E-state index in [0.29, 0.717) is 6.61 Å². The minimum absolute atomic E-state index is 0. The Bertz CT molecular complexity index is 258. The minimum atomic E-state index is -0.273. The van der Waals surface area contributed by atoms with E-state index in [-0.39, 0.29) is 18.4 Å². The van der Waals surface area contributed by atoms with Crippen molar-refractivity contribution in [2.75, 3.05) is 26.2 Å². The molecule has 0 aromatic heterocycles. The van der Waals surface area contributed by atoms with Crippen molar-refractivity contribution in [1.82, 2.24) is 4.90 Å². The van der Waals surface area contributed by atoms with Crippen molar-refractivity contribution in [3.8, 4) is 0 Å². The molecule has 1 aliphatic heterocycles. The van der Waals surface area contributed by atoms with E-state index in [1.54, 1.807) is 13.0 Å². The molecule has 0 spiro atoms. The summed E-state index contributed by atoms with van der Waals surface area (Å²) in [5.74, 6) is -0.273. The molecule has 1 aliphatic rings. The van der Waals surface area contributed by atoms with Gasteiger partial charge in [0.1, 0.15) is 0 Å². The maximum absolute atomic E-state index is 11.0. The van der Waals surface area contributed by atoms with Gasteiger partial charge in [0.25, 0.3) is 0 Å². The van der Waals surface area contributed by atoms with Crippen molar-refractivity contribution < 1.29 is 9.53 Å². The third-order valence-corrected chi connectivity index (χ3v) is 2.58. The summed E-state index contributed by atoms with van der Waals surface area (Å²) in [5, 5.41) is 0. The first-order valence-corrected chi connectivity index (χ1v) is 6.05. The predicted molar refractivity (Wildman–Crippen MR) is 72.5 cm³/mol. The largest absolute Gasteiger partial charge is 0.463 e. The quantitative estimate of drug-likeness (QED) is 0.432. The lowest BCUT2D eigenvalue weighted by molar-refractivity contribution is -0.137. The van der Waals surface area contributed by atoms with Crippen LogP contribution in [0.25, 0.3) is 0 Å². The van der Waals surface area contributed by atoms with Gasteiger partial charge in [-0.25, -0.2) is 4.79 Å². The second-order valence-corrected chi connectivity index (χ2v) is 3.90. The normalized spacial score (nSPS) is 17.2. The fourth-order valence-corrected chi connectivity index (χ4v) is 1.75. The van der Waals surface area contributed by atoms with Crippen LogP contribution in [0.2, 0.25) is 0 Å². The predicted octanol–water partition coefficient (Wildman–Crippen LogP) is 2.57. The smallest absolute Gasteiger partial charge is 0.330 e. The van der Waals surface area contributed by atoms with Crippen LogP contribution in [0.5, 0.6) is 0 Å². The number of halogens is 1. The van der Waals surface area contributed by atoms with Crippen LogP contribution in [0.3, 0.4) is 0 Å². The molecular formula is C13H22ClNO2. The Kier molecular flexibility index (Phi) is 9.87. The number of nitrogens with zero attached hydrogens (tertiary/aromatic N) is 1. The van der Waals surface area contributed by atoms with E-state index in [1.165, 1.54) is 38.4 Å². The van der Waals surface area contributed by atoms with Crippen LogP contribution in [0.1, 0.15) is 26.2 Å². The molecule has 1 fully saturated rings. The SMILES string of the molecule is CCOC(=O)C=CC=CCN1CCCCC1.Cl. The molecule has 3 nitrogen and oxygen atoms in total. The van der Waals surface area contributed by atoms with Crippen LogP contribution < -0.4 is 0 Å². The number of hydrogen-bond acceptors (Lipinski definition) is 3. The van der Waals surface area contributed by atoms with Crippen LogP contribution in [0, 0.1) is 0 Å². The first-order chi connectivity index (χ1) is 7.83. The third kappa shape index (κ3) is 8.00. The molecule has 98 valence electrons. The highest BCUT2D eigenvalue weighted by molar-refractivity contribution is 5.85. The summed E-state index contributed by atoms with van der Waals surface area (Å²) in [6.07, 6.45) is 11.2. The molecule has 1 saturated heterocycles. The zero-order valence-electron chi connectivity index (χ0n) is 10.4. The van der Waals surface area contributed by atoms with Crippen molar-refractivity contribution in [3.05, 3.63) is 24.3 Å². The van der Waals surface area contributed by atoms with Gasteiger partial charge in [-0.3, -0.25) is 4.90 Å². The van der Waals surface area contributed by atoms with Crippen LogP contribution in [-0.2, 0) is 9.53 Å². The first kappa shape index (κ1) is 16.2. The Hall–Kier alpha value is -0.800. The molecule has 0 amide bonds. The molecule has 0 atom stereocenters. The van der Waals surface area contributed by atoms with Gasteiger partial charge in [0.15, 0.2) is 0 Å². The lowest BCUT2D eigenvalue weighted by Crippen LogP contribution is -2.29. The van der Waals surface area contributed by atoms with Crippen LogP contribution in [0.4, 0.5) is 0 Å². The third-order valence-electron chi connectivity index (χ3n) is 2.58. The number of piperidine rings is 1. The van der Waals surface area contributed by atoms with Crippen LogP contribution >= 0.6 is 12.4 Å². The molecule has 0 aromatic rings. The second-order valence-electron chi connectivity index (χ2n) is 3.90. The highest BCUT2D eigenvalue weighted by Gasteiger charge is 2.06. The van der Waals surface area contributed by atoms with Crippen molar-refractivity contribution in [2.45, 2.75) is 26.2 Å². The van der Waals surface area contributed by atoms with E-state index in [2.05, 4.69) is 11.0 Å². The molecule has 1 heterocycles. The van der Waals surface area contributed by atoms with Crippen LogP contribution in [-0.4, -0.2) is 37.1 Å². The van der Waals surface area contributed by atoms with Crippen molar-refractivity contribution >= 4 is 18.4 Å². The number of allylic oxidation sites excluding steroid dienone is 2. The number of rotatable bonds is 5. The first-order valence-electron chi connectivity index (χ1n) is 6.05. The Morgan fingerprint density at radius 2 is 1.94 bits per heavy atom. The van der Waals surface area contributed by atoms with Crippen LogP contribution in [0.15, 0.2) is 24.3 Å². The fraction of sp³-hybridized carbons (Fsp3) is 0.615. The van der Waals surface area contributed by atoms with Crippen molar-refractivity contribution in [3.63, 3.8) is 0 Å². The highest BCUT2D eigenvalue weighted by atomic mass is 35.5. The highest BCUT2D eigenvalue weighted by Crippen LogP contribution is 2.07. The molecule has 1 rings (SSSR count). The maximum atomic E-state index is 11.0. The average Bonchev–Trinajstić information content (AvgIpc) is 2.30. The lowest BCUT2D eigenvalue weighted by atomic mass is 10.1. The summed E-state index contributed by atoms with van der Waals surface area (Å²) in [6, 6.07) is 0. The molecular weight excluding hydrogens is 238 g/mol. The summed E-state index contributed by atoms with van der Waals surface area (Å²) < 4.78 is 4.77.